The van der Waals surface area contributed by atoms with Gasteiger partial charge < -0.3 is 31.2 Å². The molecule has 1 aliphatic carbocycles. The van der Waals surface area contributed by atoms with Crippen molar-refractivity contribution in [2.75, 3.05) is 13.1 Å². The molecule has 1 amide bonds. The molecule has 2 aromatic carbocycles. The molecule has 5 rings (SSSR count). The molecule has 230 valence electrons. The number of thiophene rings is 1. The Balaban J connectivity index is 1.14. The molecule has 1 saturated heterocycles. The number of aryl methyl sites for hydroxylation is 1. The zero-order valence-corrected chi connectivity index (χ0v) is 26.3. The minimum absolute atomic E-state index is 0.0648. The first-order valence-corrected chi connectivity index (χ1v) is 16.1. The van der Waals surface area contributed by atoms with Crippen LogP contribution in [0.3, 0.4) is 0 Å². The summed E-state index contributed by atoms with van der Waals surface area (Å²) in [7, 11) is 0. The third-order valence-corrected chi connectivity index (χ3v) is 9.54. The quantitative estimate of drug-likeness (QED) is 0.213. The monoisotopic (exact) mass is 604 g/mol. The Hall–Kier alpha value is -3.24. The third kappa shape index (κ3) is 8.03. The highest BCUT2D eigenvalue weighted by Crippen LogP contribution is 2.31. The van der Waals surface area contributed by atoms with Crippen LogP contribution in [0.1, 0.15) is 72.4 Å². The summed E-state index contributed by atoms with van der Waals surface area (Å²) in [5.74, 6) is 0.391. The Labute approximate surface area is 258 Å². The van der Waals surface area contributed by atoms with Crippen molar-refractivity contribution in [2.24, 2.45) is 11.7 Å². The van der Waals surface area contributed by atoms with Gasteiger partial charge in [0, 0.05) is 41.0 Å². The van der Waals surface area contributed by atoms with Crippen molar-refractivity contribution in [1.29, 1.82) is 0 Å². The molecule has 0 spiro atoms. The number of nitrogens with one attached hydrogen (secondary N) is 3. The molecule has 0 bridgehead atoms. The summed E-state index contributed by atoms with van der Waals surface area (Å²) in [6.45, 7) is 10.3. The molecule has 4 atom stereocenters. The molecule has 5 N–H and O–H groups in total. The van der Waals surface area contributed by atoms with Crippen LogP contribution in [-0.2, 0) is 16.1 Å². The number of benzene rings is 2. The van der Waals surface area contributed by atoms with E-state index in [0.717, 1.165) is 61.3 Å². The first kappa shape index (κ1) is 31.2. The number of hydrogen-bond acceptors (Lipinski definition) is 8. The highest BCUT2D eigenvalue weighted by atomic mass is 32.1. The summed E-state index contributed by atoms with van der Waals surface area (Å²) in [6, 6.07) is 18.0. The zero-order chi connectivity index (χ0) is 30.5. The first-order chi connectivity index (χ1) is 20.7. The predicted molar refractivity (Wildman–Crippen MR) is 171 cm³/mol. The van der Waals surface area contributed by atoms with Crippen molar-refractivity contribution >= 4 is 23.2 Å². The summed E-state index contributed by atoms with van der Waals surface area (Å²) < 4.78 is 11.6. The zero-order valence-electron chi connectivity index (χ0n) is 25.5. The molecule has 0 radical (unpaired) electrons. The van der Waals surface area contributed by atoms with E-state index in [4.69, 9.17) is 15.2 Å². The largest absolute Gasteiger partial charge is 0.488 e. The maximum Gasteiger partial charge on any atom is 0.323 e. The molecule has 2 unspecified atom stereocenters. The average molecular weight is 605 g/mol. The SMILES string of the molecule is Cc1ccc(OC2CNC2)cc1C(=O)NC(C)c1cccc(-c2ccc(CN[C@H]3CC[C@@H](OC(=O)C(N)C(C)C)C3)s2)c1. The number of hydrogen-bond donors (Lipinski definition) is 4. The molecule has 1 saturated carbocycles. The molecule has 2 fully saturated rings. The molecule has 1 aliphatic heterocycles. The van der Waals surface area contributed by atoms with E-state index in [0.29, 0.717) is 11.6 Å². The van der Waals surface area contributed by atoms with Gasteiger partial charge in [0.05, 0.1) is 6.04 Å². The summed E-state index contributed by atoms with van der Waals surface area (Å²) >= 11 is 1.76. The summed E-state index contributed by atoms with van der Waals surface area (Å²) in [4.78, 5) is 27.9. The van der Waals surface area contributed by atoms with Gasteiger partial charge >= 0.3 is 5.97 Å². The van der Waals surface area contributed by atoms with Crippen LogP contribution in [0.25, 0.3) is 10.4 Å². The summed E-state index contributed by atoms with van der Waals surface area (Å²) in [6.07, 6.45) is 2.76. The van der Waals surface area contributed by atoms with E-state index in [1.807, 2.05) is 52.0 Å². The van der Waals surface area contributed by atoms with Crippen molar-refractivity contribution in [2.45, 2.75) is 83.8 Å². The van der Waals surface area contributed by atoms with Gasteiger partial charge in [-0.1, -0.05) is 38.1 Å². The van der Waals surface area contributed by atoms with Crippen LogP contribution in [0.2, 0.25) is 0 Å². The molecule has 3 aromatic rings. The Bertz CT molecular complexity index is 1420. The lowest BCUT2D eigenvalue weighted by Crippen LogP contribution is -2.50. The fraction of sp³-hybridized carbons (Fsp3) is 0.471. The van der Waals surface area contributed by atoms with E-state index in [-0.39, 0.29) is 36.0 Å². The molecule has 9 heteroatoms. The standard InChI is InChI=1S/C34H44N4O4S/c1-20(2)32(35)34(40)42-26-11-9-25(15-26)37-19-29-12-13-31(43-29)24-7-5-6-23(14-24)22(4)38-33(39)30-16-27(10-8-21(30)3)41-28-17-36-18-28/h5-8,10,12-14,16,20,22,25-26,28,32,36-37H,9,11,15,17-19,35H2,1-4H3,(H,38,39)/t22?,25-,26+,32?/m0/s1. The van der Waals surface area contributed by atoms with E-state index in [2.05, 4.69) is 46.3 Å². The molecule has 2 heterocycles. The van der Waals surface area contributed by atoms with Crippen molar-refractivity contribution in [3.8, 4) is 16.2 Å². The van der Waals surface area contributed by atoms with Gasteiger partial charge in [-0.05, 0) is 86.1 Å². The molecular formula is C34H44N4O4S. The second-order valence-electron chi connectivity index (χ2n) is 12.2. The first-order valence-electron chi connectivity index (χ1n) is 15.3. The lowest BCUT2D eigenvalue weighted by Gasteiger charge is -2.28. The molecule has 2 aliphatic rings. The predicted octanol–water partition coefficient (Wildman–Crippen LogP) is 5.10. The number of carbonyl (C=O) groups is 2. The van der Waals surface area contributed by atoms with Crippen LogP contribution in [0.15, 0.2) is 54.6 Å². The number of carbonyl (C=O) groups excluding carboxylic acids is 2. The van der Waals surface area contributed by atoms with Crippen LogP contribution in [-0.4, -0.2) is 49.3 Å². The van der Waals surface area contributed by atoms with Crippen molar-refractivity contribution < 1.29 is 19.1 Å². The maximum absolute atomic E-state index is 13.2. The number of rotatable bonds is 12. The van der Waals surface area contributed by atoms with E-state index in [1.54, 1.807) is 11.3 Å². The number of ether oxygens (including phenoxy) is 2. The van der Waals surface area contributed by atoms with Gasteiger partial charge in [-0.3, -0.25) is 9.59 Å². The van der Waals surface area contributed by atoms with Crippen molar-refractivity contribution in [3.05, 3.63) is 76.2 Å². The van der Waals surface area contributed by atoms with Crippen molar-refractivity contribution in [3.63, 3.8) is 0 Å². The Morgan fingerprint density at radius 1 is 1.05 bits per heavy atom. The normalized spacial score (nSPS) is 20.0. The fourth-order valence-corrected chi connectivity index (χ4v) is 6.35. The topological polar surface area (TPSA) is 115 Å². The van der Waals surface area contributed by atoms with Gasteiger partial charge in [0.2, 0.25) is 0 Å². The van der Waals surface area contributed by atoms with Crippen LogP contribution >= 0.6 is 11.3 Å². The molecule has 1 aromatic heterocycles. The molecular weight excluding hydrogens is 560 g/mol. The van der Waals surface area contributed by atoms with Crippen LogP contribution in [0, 0.1) is 12.8 Å². The summed E-state index contributed by atoms with van der Waals surface area (Å²) in [5, 5.41) is 10.0. The van der Waals surface area contributed by atoms with Crippen LogP contribution in [0.5, 0.6) is 5.75 Å². The molecule has 43 heavy (non-hydrogen) atoms. The number of amides is 1. The second kappa shape index (κ2) is 14.0. The van der Waals surface area contributed by atoms with Crippen LogP contribution in [0.4, 0.5) is 0 Å². The minimum atomic E-state index is -0.565. The average Bonchev–Trinajstić information content (AvgIpc) is 3.63. The number of esters is 1. The third-order valence-electron chi connectivity index (χ3n) is 8.40. The van der Waals surface area contributed by atoms with E-state index >= 15 is 0 Å². The lowest BCUT2D eigenvalue weighted by molar-refractivity contribution is -0.151. The highest BCUT2D eigenvalue weighted by Gasteiger charge is 2.30. The van der Waals surface area contributed by atoms with Gasteiger partial charge in [-0.25, -0.2) is 0 Å². The second-order valence-corrected chi connectivity index (χ2v) is 13.3. The number of nitrogens with two attached hydrogens (primary N) is 1. The van der Waals surface area contributed by atoms with Gasteiger partial charge in [0.15, 0.2) is 0 Å². The Kier molecular flexibility index (Phi) is 10.2. The molecule has 8 nitrogen and oxygen atoms in total. The van der Waals surface area contributed by atoms with Gasteiger partial charge in [0.25, 0.3) is 5.91 Å². The Morgan fingerprint density at radius 3 is 2.60 bits per heavy atom. The van der Waals surface area contributed by atoms with Gasteiger partial charge in [-0.15, -0.1) is 11.3 Å². The minimum Gasteiger partial charge on any atom is -0.488 e. The smallest absolute Gasteiger partial charge is 0.323 e. The van der Waals surface area contributed by atoms with E-state index in [9.17, 15) is 9.59 Å². The van der Waals surface area contributed by atoms with Crippen LogP contribution < -0.4 is 26.4 Å². The fourth-order valence-electron chi connectivity index (χ4n) is 5.40. The van der Waals surface area contributed by atoms with Crippen molar-refractivity contribution in [1.82, 2.24) is 16.0 Å². The lowest BCUT2D eigenvalue weighted by atomic mass is 10.0. The van der Waals surface area contributed by atoms with Gasteiger partial charge in [0.1, 0.15) is 24.0 Å². The summed E-state index contributed by atoms with van der Waals surface area (Å²) in [5.41, 5.74) is 9.68. The van der Waals surface area contributed by atoms with E-state index in [1.165, 1.54) is 9.75 Å². The highest BCUT2D eigenvalue weighted by molar-refractivity contribution is 7.15. The van der Waals surface area contributed by atoms with Gasteiger partial charge in [-0.2, -0.15) is 0 Å². The van der Waals surface area contributed by atoms with E-state index < -0.39 is 6.04 Å². The Morgan fingerprint density at radius 2 is 1.86 bits per heavy atom. The maximum atomic E-state index is 13.2.